The van der Waals surface area contributed by atoms with Crippen molar-refractivity contribution < 1.29 is 19.5 Å². The van der Waals surface area contributed by atoms with E-state index in [9.17, 15) is 14.4 Å². The summed E-state index contributed by atoms with van der Waals surface area (Å²) in [5.41, 5.74) is 0.993. The Bertz CT molecular complexity index is 527. The predicted octanol–water partition coefficient (Wildman–Crippen LogP) is -0.286. The summed E-state index contributed by atoms with van der Waals surface area (Å²) in [7, 11) is 0. The number of piperidine rings is 1. The molecule has 1 heterocycles. The number of aliphatic hydroxyl groups excluding tert-OH is 1. The van der Waals surface area contributed by atoms with Crippen LogP contribution in [0.3, 0.4) is 0 Å². The second kappa shape index (κ2) is 5.62. The molecular weight excluding hydrogens is 248 g/mol. The molecule has 0 aliphatic carbocycles. The molecule has 100 valence electrons. The normalized spacial score (nSPS) is 18.9. The van der Waals surface area contributed by atoms with Gasteiger partial charge in [0.2, 0.25) is 11.8 Å². The molecule has 0 bridgehead atoms. The zero-order valence-electron chi connectivity index (χ0n) is 10.2. The second-order valence-electron chi connectivity index (χ2n) is 4.34. The molecule has 0 saturated carbocycles. The van der Waals surface area contributed by atoms with Gasteiger partial charge in [0.05, 0.1) is 6.61 Å². The van der Waals surface area contributed by atoms with Gasteiger partial charge in [0.15, 0.2) is 0 Å². The van der Waals surface area contributed by atoms with E-state index >= 15 is 0 Å². The molecule has 6 nitrogen and oxygen atoms in total. The fourth-order valence-electron chi connectivity index (χ4n) is 1.88. The van der Waals surface area contributed by atoms with E-state index in [0.29, 0.717) is 17.5 Å². The summed E-state index contributed by atoms with van der Waals surface area (Å²) in [5, 5.41) is 13.8. The number of amides is 3. The lowest BCUT2D eigenvalue weighted by molar-refractivity contribution is -0.134. The van der Waals surface area contributed by atoms with Gasteiger partial charge in [-0.05, 0) is 24.1 Å². The van der Waals surface area contributed by atoms with Crippen molar-refractivity contribution >= 4 is 17.7 Å². The van der Waals surface area contributed by atoms with Crippen LogP contribution in [0.5, 0.6) is 0 Å². The summed E-state index contributed by atoms with van der Waals surface area (Å²) in [5.74, 6) is -1.20. The summed E-state index contributed by atoms with van der Waals surface area (Å²) >= 11 is 0. The molecule has 3 N–H and O–H groups in total. The molecule has 1 aliphatic heterocycles. The highest BCUT2D eigenvalue weighted by Gasteiger charge is 2.27. The van der Waals surface area contributed by atoms with Crippen LogP contribution in [0.25, 0.3) is 0 Å². The summed E-state index contributed by atoms with van der Waals surface area (Å²) in [6, 6.07) is 5.82. The van der Waals surface area contributed by atoms with E-state index in [1.54, 1.807) is 24.3 Å². The zero-order valence-corrected chi connectivity index (χ0v) is 10.2. The minimum absolute atomic E-state index is 0.153. The molecule has 1 atom stereocenters. The van der Waals surface area contributed by atoms with Gasteiger partial charge in [-0.25, -0.2) is 0 Å². The van der Waals surface area contributed by atoms with E-state index in [4.69, 9.17) is 5.11 Å². The molecule has 0 aromatic heterocycles. The number of nitrogens with one attached hydrogen (secondary N) is 2. The van der Waals surface area contributed by atoms with Crippen molar-refractivity contribution in [1.82, 2.24) is 10.6 Å². The monoisotopic (exact) mass is 262 g/mol. The Morgan fingerprint density at radius 2 is 2.21 bits per heavy atom. The van der Waals surface area contributed by atoms with Crippen molar-refractivity contribution in [3.05, 3.63) is 35.4 Å². The van der Waals surface area contributed by atoms with Crippen LogP contribution in [0, 0.1) is 0 Å². The van der Waals surface area contributed by atoms with Crippen molar-refractivity contribution in [2.24, 2.45) is 0 Å². The molecular formula is C13H14N2O4. The first-order valence-electron chi connectivity index (χ1n) is 5.94. The van der Waals surface area contributed by atoms with Gasteiger partial charge in [0.1, 0.15) is 6.04 Å². The van der Waals surface area contributed by atoms with Crippen LogP contribution in [0.2, 0.25) is 0 Å². The van der Waals surface area contributed by atoms with Crippen molar-refractivity contribution in [2.75, 3.05) is 0 Å². The first-order chi connectivity index (χ1) is 9.10. The van der Waals surface area contributed by atoms with Gasteiger partial charge in [-0.3, -0.25) is 19.7 Å². The summed E-state index contributed by atoms with van der Waals surface area (Å²) < 4.78 is 0. The molecule has 2 rings (SSSR count). The van der Waals surface area contributed by atoms with E-state index < -0.39 is 17.9 Å². The van der Waals surface area contributed by atoms with Gasteiger partial charge in [-0.2, -0.15) is 0 Å². The van der Waals surface area contributed by atoms with Gasteiger partial charge >= 0.3 is 0 Å². The molecule has 0 radical (unpaired) electrons. The number of aliphatic hydroxyl groups is 1. The van der Waals surface area contributed by atoms with Crippen LogP contribution < -0.4 is 10.6 Å². The number of carbonyl (C=O) groups is 3. The predicted molar refractivity (Wildman–Crippen MR) is 66.0 cm³/mol. The smallest absolute Gasteiger partial charge is 0.251 e. The van der Waals surface area contributed by atoms with E-state index in [-0.39, 0.29) is 18.9 Å². The Morgan fingerprint density at radius 3 is 2.89 bits per heavy atom. The molecule has 6 heteroatoms. The standard InChI is InChI=1S/C13H14N2O4/c16-7-8-2-1-3-9(6-8)12(18)14-10-4-5-11(17)15-13(10)19/h1-3,6,10,16H,4-5,7H2,(H,14,18)(H,15,17,19). The third-order valence-electron chi connectivity index (χ3n) is 2.92. The van der Waals surface area contributed by atoms with Crippen LogP contribution in [0.4, 0.5) is 0 Å². The van der Waals surface area contributed by atoms with E-state index in [1.807, 2.05) is 0 Å². The average molecular weight is 262 g/mol. The first kappa shape index (κ1) is 13.2. The molecule has 1 saturated heterocycles. The Morgan fingerprint density at radius 1 is 1.42 bits per heavy atom. The number of carbonyl (C=O) groups excluding carboxylic acids is 3. The lowest BCUT2D eigenvalue weighted by atomic mass is 10.0. The lowest BCUT2D eigenvalue weighted by Crippen LogP contribution is -2.52. The first-order valence-corrected chi connectivity index (χ1v) is 5.94. The minimum Gasteiger partial charge on any atom is -0.392 e. The van der Waals surface area contributed by atoms with E-state index in [0.717, 1.165) is 0 Å². The van der Waals surface area contributed by atoms with Crippen LogP contribution in [-0.2, 0) is 16.2 Å². The van der Waals surface area contributed by atoms with Crippen molar-refractivity contribution in [2.45, 2.75) is 25.5 Å². The highest BCUT2D eigenvalue weighted by atomic mass is 16.3. The van der Waals surface area contributed by atoms with Crippen molar-refractivity contribution in [1.29, 1.82) is 0 Å². The number of rotatable bonds is 3. The van der Waals surface area contributed by atoms with Crippen molar-refractivity contribution in [3.8, 4) is 0 Å². The number of benzene rings is 1. The highest BCUT2D eigenvalue weighted by molar-refractivity contribution is 6.03. The fourth-order valence-corrected chi connectivity index (χ4v) is 1.88. The van der Waals surface area contributed by atoms with Gasteiger partial charge in [-0.1, -0.05) is 12.1 Å². The SMILES string of the molecule is O=C1CCC(NC(=O)c2cccc(CO)c2)C(=O)N1. The Labute approximate surface area is 109 Å². The number of hydrogen-bond acceptors (Lipinski definition) is 4. The second-order valence-corrected chi connectivity index (χ2v) is 4.34. The maximum atomic E-state index is 12.0. The topological polar surface area (TPSA) is 95.5 Å². The largest absolute Gasteiger partial charge is 0.392 e. The molecule has 1 unspecified atom stereocenters. The average Bonchev–Trinajstić information content (AvgIpc) is 2.42. The maximum Gasteiger partial charge on any atom is 0.251 e. The van der Waals surface area contributed by atoms with E-state index in [2.05, 4.69) is 10.6 Å². The fraction of sp³-hybridized carbons (Fsp3) is 0.308. The van der Waals surface area contributed by atoms with Gasteiger partial charge < -0.3 is 10.4 Å². The Kier molecular flexibility index (Phi) is 3.91. The molecule has 1 aromatic rings. The van der Waals surface area contributed by atoms with E-state index in [1.165, 1.54) is 0 Å². The zero-order chi connectivity index (χ0) is 13.8. The molecule has 1 aliphatic rings. The summed E-state index contributed by atoms with van der Waals surface area (Å²) in [6.07, 6.45) is 0.517. The highest BCUT2D eigenvalue weighted by Crippen LogP contribution is 2.08. The van der Waals surface area contributed by atoms with Crippen LogP contribution in [0.15, 0.2) is 24.3 Å². The van der Waals surface area contributed by atoms with Gasteiger partial charge in [0.25, 0.3) is 5.91 Å². The molecule has 0 spiro atoms. The summed E-state index contributed by atoms with van der Waals surface area (Å²) in [4.78, 5) is 34.4. The van der Waals surface area contributed by atoms with Gasteiger partial charge in [0, 0.05) is 12.0 Å². The van der Waals surface area contributed by atoms with Crippen LogP contribution >= 0.6 is 0 Å². The quantitative estimate of drug-likeness (QED) is 0.652. The van der Waals surface area contributed by atoms with Crippen LogP contribution in [-0.4, -0.2) is 28.9 Å². The Hall–Kier alpha value is -2.21. The molecule has 1 aromatic carbocycles. The van der Waals surface area contributed by atoms with Crippen LogP contribution in [0.1, 0.15) is 28.8 Å². The third-order valence-corrected chi connectivity index (χ3v) is 2.92. The summed E-state index contributed by atoms with van der Waals surface area (Å²) in [6.45, 7) is -0.153. The molecule has 19 heavy (non-hydrogen) atoms. The Balaban J connectivity index is 2.04. The maximum absolute atomic E-state index is 12.0. The minimum atomic E-state index is -0.692. The number of hydrogen-bond donors (Lipinski definition) is 3. The third kappa shape index (κ3) is 3.17. The number of imide groups is 1. The lowest BCUT2D eigenvalue weighted by Gasteiger charge is -2.21. The molecule has 3 amide bonds. The van der Waals surface area contributed by atoms with Crippen molar-refractivity contribution in [3.63, 3.8) is 0 Å². The molecule has 1 fully saturated rings. The van der Waals surface area contributed by atoms with Gasteiger partial charge in [-0.15, -0.1) is 0 Å².